The first-order valence-corrected chi connectivity index (χ1v) is 8.65. The highest BCUT2D eigenvalue weighted by atomic mass is 16.7. The van der Waals surface area contributed by atoms with Crippen LogP contribution in [0.3, 0.4) is 0 Å². The fourth-order valence-electron chi connectivity index (χ4n) is 2.86. The normalized spacial score (nSPS) is 27.8. The van der Waals surface area contributed by atoms with Crippen LogP contribution in [0.4, 0.5) is 0 Å². The molecule has 1 heterocycles. The van der Waals surface area contributed by atoms with Crippen LogP contribution in [0.5, 0.6) is 17.2 Å². The molecule has 2 aromatic rings. The van der Waals surface area contributed by atoms with Crippen molar-refractivity contribution in [2.45, 2.75) is 30.7 Å². The summed E-state index contributed by atoms with van der Waals surface area (Å²) in [5.74, 6) is 0.280. The number of aliphatic hydroxyl groups excluding tert-OH is 4. The molecule has 1 fully saturated rings. The minimum Gasteiger partial charge on any atom is -0.508 e. The average molecular weight is 390 g/mol. The molecule has 8 heteroatoms. The zero-order valence-electron chi connectivity index (χ0n) is 14.8. The molecule has 0 aliphatic carbocycles. The monoisotopic (exact) mass is 390 g/mol. The molecule has 0 aromatic heterocycles. The molecule has 0 bridgehead atoms. The van der Waals surface area contributed by atoms with Gasteiger partial charge in [-0.3, -0.25) is 0 Å². The SMILES string of the molecule is OC[C@H]1O[C@H](Oc2ccc(C=Cc3cc(O)cc(O)c3)cc2)[C@H](O)[C@@H](O)[C@@H]1O. The Balaban J connectivity index is 1.66. The molecule has 0 saturated carbocycles. The molecular formula is C20H22O8. The Morgan fingerprint density at radius 2 is 1.43 bits per heavy atom. The van der Waals surface area contributed by atoms with Crippen molar-refractivity contribution in [3.05, 3.63) is 53.6 Å². The van der Waals surface area contributed by atoms with Gasteiger partial charge >= 0.3 is 0 Å². The number of rotatable bonds is 5. The number of phenols is 2. The van der Waals surface area contributed by atoms with Crippen LogP contribution < -0.4 is 4.74 Å². The number of benzene rings is 2. The summed E-state index contributed by atoms with van der Waals surface area (Å²) in [7, 11) is 0. The van der Waals surface area contributed by atoms with Crippen molar-refractivity contribution < 1.29 is 40.1 Å². The smallest absolute Gasteiger partial charge is 0.229 e. The van der Waals surface area contributed by atoms with Crippen molar-refractivity contribution in [1.29, 1.82) is 0 Å². The number of phenolic OH excluding ortho intramolecular Hbond substituents is 2. The lowest BCUT2D eigenvalue weighted by atomic mass is 9.99. The predicted molar refractivity (Wildman–Crippen MR) is 99.5 cm³/mol. The Hall–Kier alpha value is -2.62. The van der Waals surface area contributed by atoms with Gasteiger partial charge in [0.05, 0.1) is 6.61 Å². The van der Waals surface area contributed by atoms with Crippen LogP contribution in [0, 0.1) is 0 Å². The molecular weight excluding hydrogens is 368 g/mol. The summed E-state index contributed by atoms with van der Waals surface area (Å²) in [6.45, 7) is -0.529. The fourth-order valence-corrected chi connectivity index (χ4v) is 2.86. The molecule has 0 radical (unpaired) electrons. The summed E-state index contributed by atoms with van der Waals surface area (Å²) in [5, 5.41) is 57.7. The van der Waals surface area contributed by atoms with E-state index < -0.39 is 37.3 Å². The van der Waals surface area contributed by atoms with Crippen molar-refractivity contribution in [1.82, 2.24) is 0 Å². The van der Waals surface area contributed by atoms with E-state index in [2.05, 4.69) is 0 Å². The van der Waals surface area contributed by atoms with E-state index >= 15 is 0 Å². The van der Waals surface area contributed by atoms with Crippen LogP contribution in [0.25, 0.3) is 12.2 Å². The van der Waals surface area contributed by atoms with Crippen molar-refractivity contribution in [2.24, 2.45) is 0 Å². The number of aromatic hydroxyl groups is 2. The summed E-state index contributed by atoms with van der Waals surface area (Å²) in [6.07, 6.45) is -3.22. The molecule has 3 rings (SSSR count). The first-order valence-electron chi connectivity index (χ1n) is 8.65. The van der Waals surface area contributed by atoms with Gasteiger partial charge in [-0.2, -0.15) is 0 Å². The maximum absolute atomic E-state index is 10.00. The molecule has 2 aromatic carbocycles. The maximum atomic E-state index is 10.00. The van der Waals surface area contributed by atoms with Crippen molar-refractivity contribution >= 4 is 12.2 Å². The van der Waals surface area contributed by atoms with E-state index in [0.29, 0.717) is 11.3 Å². The van der Waals surface area contributed by atoms with E-state index in [0.717, 1.165) is 5.56 Å². The van der Waals surface area contributed by atoms with E-state index in [1.54, 1.807) is 36.4 Å². The van der Waals surface area contributed by atoms with Gasteiger partial charge in [0, 0.05) is 6.07 Å². The summed E-state index contributed by atoms with van der Waals surface area (Å²) < 4.78 is 10.8. The van der Waals surface area contributed by atoms with Gasteiger partial charge in [-0.05, 0) is 35.4 Å². The summed E-state index contributed by atoms with van der Waals surface area (Å²) >= 11 is 0. The molecule has 150 valence electrons. The van der Waals surface area contributed by atoms with E-state index in [1.165, 1.54) is 18.2 Å². The van der Waals surface area contributed by atoms with Crippen molar-refractivity contribution in [3.8, 4) is 17.2 Å². The average Bonchev–Trinajstić information content (AvgIpc) is 2.67. The molecule has 8 nitrogen and oxygen atoms in total. The number of hydrogen-bond acceptors (Lipinski definition) is 8. The lowest BCUT2D eigenvalue weighted by Gasteiger charge is -2.39. The van der Waals surface area contributed by atoms with Crippen LogP contribution in [0.2, 0.25) is 0 Å². The van der Waals surface area contributed by atoms with Crippen LogP contribution in [-0.2, 0) is 4.74 Å². The molecule has 5 atom stereocenters. The van der Waals surface area contributed by atoms with Crippen LogP contribution >= 0.6 is 0 Å². The second-order valence-corrected chi connectivity index (χ2v) is 6.50. The largest absolute Gasteiger partial charge is 0.508 e. The van der Waals surface area contributed by atoms with E-state index in [4.69, 9.17) is 9.47 Å². The van der Waals surface area contributed by atoms with Gasteiger partial charge in [-0.1, -0.05) is 24.3 Å². The molecule has 0 spiro atoms. The van der Waals surface area contributed by atoms with Gasteiger partial charge < -0.3 is 40.1 Å². The molecule has 6 N–H and O–H groups in total. The third kappa shape index (κ3) is 4.61. The molecule has 1 aliphatic rings. The highest BCUT2D eigenvalue weighted by Crippen LogP contribution is 2.25. The van der Waals surface area contributed by atoms with Crippen LogP contribution in [0.15, 0.2) is 42.5 Å². The van der Waals surface area contributed by atoms with Crippen LogP contribution in [-0.4, -0.2) is 68.0 Å². The van der Waals surface area contributed by atoms with E-state index in [9.17, 15) is 30.6 Å². The van der Waals surface area contributed by atoms with Gasteiger partial charge in [0.25, 0.3) is 0 Å². The topological polar surface area (TPSA) is 140 Å². The number of hydrogen-bond donors (Lipinski definition) is 6. The molecule has 0 amide bonds. The number of ether oxygens (including phenoxy) is 2. The molecule has 28 heavy (non-hydrogen) atoms. The maximum Gasteiger partial charge on any atom is 0.229 e. The highest BCUT2D eigenvalue weighted by molar-refractivity contribution is 5.71. The molecule has 0 unspecified atom stereocenters. The Bertz CT molecular complexity index is 797. The third-order valence-corrected chi connectivity index (χ3v) is 4.37. The first kappa shape index (κ1) is 20.1. The Morgan fingerprint density at radius 1 is 0.821 bits per heavy atom. The van der Waals surface area contributed by atoms with Gasteiger partial charge in [-0.15, -0.1) is 0 Å². The van der Waals surface area contributed by atoms with E-state index in [-0.39, 0.29) is 11.5 Å². The standard InChI is InChI=1S/C20H22O8/c21-10-16-17(24)18(25)19(26)20(28-16)27-15-5-3-11(4-6-15)1-2-12-7-13(22)9-14(23)8-12/h1-9,16-26H,10H2/t16-,17-,18+,19-,20+/m1/s1. The second-order valence-electron chi connectivity index (χ2n) is 6.50. The lowest BCUT2D eigenvalue weighted by molar-refractivity contribution is -0.277. The van der Waals surface area contributed by atoms with Gasteiger partial charge in [0.2, 0.25) is 6.29 Å². The minimum atomic E-state index is -1.50. The quantitative estimate of drug-likeness (QED) is 0.405. The summed E-state index contributed by atoms with van der Waals surface area (Å²) in [4.78, 5) is 0. The zero-order valence-corrected chi connectivity index (χ0v) is 14.8. The Kier molecular flexibility index (Phi) is 6.18. The van der Waals surface area contributed by atoms with Gasteiger partial charge in [0.1, 0.15) is 41.7 Å². The summed E-state index contributed by atoms with van der Waals surface area (Å²) in [5.41, 5.74) is 1.43. The zero-order chi connectivity index (χ0) is 20.3. The third-order valence-electron chi connectivity index (χ3n) is 4.37. The Morgan fingerprint density at radius 3 is 2.04 bits per heavy atom. The predicted octanol–water partition coefficient (Wildman–Crippen LogP) is 0.447. The number of aliphatic hydroxyl groups is 4. The highest BCUT2D eigenvalue weighted by Gasteiger charge is 2.44. The molecule has 1 aliphatic heterocycles. The van der Waals surface area contributed by atoms with Crippen LogP contribution in [0.1, 0.15) is 11.1 Å². The second kappa shape index (κ2) is 8.59. The summed E-state index contributed by atoms with van der Waals surface area (Å²) in [6, 6.07) is 11.0. The van der Waals surface area contributed by atoms with Crippen molar-refractivity contribution in [3.63, 3.8) is 0 Å². The minimum absolute atomic E-state index is 0.0390. The molecule has 1 saturated heterocycles. The Labute approximate surface area is 161 Å². The van der Waals surface area contributed by atoms with Gasteiger partial charge in [-0.25, -0.2) is 0 Å². The first-order chi connectivity index (χ1) is 13.4. The van der Waals surface area contributed by atoms with Crippen molar-refractivity contribution in [2.75, 3.05) is 6.61 Å². The van der Waals surface area contributed by atoms with Gasteiger partial charge in [0.15, 0.2) is 0 Å². The van der Waals surface area contributed by atoms with E-state index in [1.807, 2.05) is 0 Å². The fraction of sp³-hybridized carbons (Fsp3) is 0.300. The lowest BCUT2D eigenvalue weighted by Crippen LogP contribution is -2.60.